The third-order valence-corrected chi connectivity index (χ3v) is 12.1. The van der Waals surface area contributed by atoms with E-state index in [-0.39, 0.29) is 16.2 Å². The minimum atomic E-state index is -4.74. The lowest BCUT2D eigenvalue weighted by Crippen LogP contribution is -2.39. The number of anilines is 1. The number of aliphatic hydroxyl groups excluding tert-OH is 1. The summed E-state index contributed by atoms with van der Waals surface area (Å²) in [5, 5.41) is 25.0. The van der Waals surface area contributed by atoms with Crippen molar-refractivity contribution < 1.29 is 22.5 Å². The van der Waals surface area contributed by atoms with E-state index >= 15 is 0 Å². The highest BCUT2D eigenvalue weighted by Crippen LogP contribution is 2.40. The number of nitrogens with one attached hydrogen (secondary N) is 1. The summed E-state index contributed by atoms with van der Waals surface area (Å²) in [7, 11) is -0.773. The summed E-state index contributed by atoms with van der Waals surface area (Å²) in [5.41, 5.74) is 4.14. The number of aromatic nitrogens is 3. The highest BCUT2D eigenvalue weighted by atomic mass is 32.2. The molecule has 0 radical (unpaired) electrons. The molecule has 2 aliphatic rings. The monoisotopic (exact) mass is 687 g/mol. The molecule has 14 heteroatoms. The van der Waals surface area contributed by atoms with E-state index in [1.165, 1.54) is 17.2 Å². The number of halogens is 3. The van der Waals surface area contributed by atoms with Crippen molar-refractivity contribution in [3.63, 3.8) is 0 Å². The molecule has 2 saturated heterocycles. The number of benzene rings is 1. The summed E-state index contributed by atoms with van der Waals surface area (Å²) in [6, 6.07) is 10.1. The first kappa shape index (κ1) is 33.8. The molecule has 4 aromatic rings. The van der Waals surface area contributed by atoms with E-state index in [1.54, 1.807) is 13.2 Å². The van der Waals surface area contributed by atoms with Crippen LogP contribution in [-0.2, 0) is 23.9 Å². The van der Waals surface area contributed by atoms with Crippen molar-refractivity contribution in [2.75, 3.05) is 44.3 Å². The molecule has 2 atom stereocenters. The van der Waals surface area contributed by atoms with Gasteiger partial charge in [0, 0.05) is 76.9 Å². The molecule has 0 saturated carbocycles. The molecule has 47 heavy (non-hydrogen) atoms. The van der Waals surface area contributed by atoms with E-state index in [1.807, 2.05) is 6.07 Å². The minimum Gasteiger partial charge on any atom is -0.379 e. The fourth-order valence-corrected chi connectivity index (χ4v) is 8.82. The molecule has 0 spiro atoms. The molecule has 252 valence electrons. The number of aliphatic hydroxyl groups is 1. The summed E-state index contributed by atoms with van der Waals surface area (Å²) < 4.78 is 53.4. The number of rotatable bonds is 9. The molecule has 3 aromatic heterocycles. The van der Waals surface area contributed by atoms with Gasteiger partial charge in [0.05, 0.1) is 5.39 Å². The smallest absolute Gasteiger partial charge is 0.379 e. The van der Waals surface area contributed by atoms with Crippen molar-refractivity contribution in [1.29, 1.82) is 5.26 Å². The summed E-state index contributed by atoms with van der Waals surface area (Å²) in [6.45, 7) is 9.77. The minimum absolute atomic E-state index is 0.102. The number of piperidine rings is 2. The zero-order valence-electron chi connectivity index (χ0n) is 26.8. The standard InChI is InChI=1S/C33H40F3N7O2S2/c1-20-22(4-5-28-26(20)16-24(18-37)43(28)15-14-41-12-8-25(9-13-41)47(3)45)19-42-10-6-23(7-11-42)40-31-27-17-29(30(44)33(34,35)36)46-32(27)39-21(2)38-31/h4-5,16-17,23,25,30,44H,6-15,19H2,1-3H3,(H,38,39,40). The van der Waals surface area contributed by atoms with Crippen molar-refractivity contribution in [2.24, 2.45) is 0 Å². The average molecular weight is 688 g/mol. The van der Waals surface area contributed by atoms with Crippen molar-refractivity contribution in [3.05, 3.63) is 51.8 Å². The molecular formula is C33H40F3N7O2S2. The van der Waals surface area contributed by atoms with Crippen LogP contribution in [0.2, 0.25) is 0 Å². The molecule has 0 bridgehead atoms. The second kappa shape index (κ2) is 13.8. The fourth-order valence-electron chi connectivity index (χ4n) is 6.85. The Hall–Kier alpha value is -3.09. The van der Waals surface area contributed by atoms with Gasteiger partial charge in [-0.3, -0.25) is 9.11 Å². The molecule has 9 nitrogen and oxygen atoms in total. The number of thiophene rings is 1. The van der Waals surface area contributed by atoms with E-state index in [2.05, 4.69) is 54.8 Å². The van der Waals surface area contributed by atoms with E-state index in [0.717, 1.165) is 93.7 Å². The molecule has 2 aliphatic heterocycles. The van der Waals surface area contributed by atoms with Gasteiger partial charge in [-0.1, -0.05) is 6.07 Å². The second-order valence-corrected chi connectivity index (χ2v) is 15.5. The van der Waals surface area contributed by atoms with Crippen molar-refractivity contribution in [2.45, 2.75) is 76.2 Å². The van der Waals surface area contributed by atoms with Crippen LogP contribution < -0.4 is 5.32 Å². The van der Waals surface area contributed by atoms with Crippen molar-refractivity contribution in [1.82, 2.24) is 24.3 Å². The number of alkyl halides is 3. The highest BCUT2D eigenvalue weighted by Gasteiger charge is 2.40. The Kier molecular flexibility index (Phi) is 9.92. The molecule has 6 rings (SSSR count). The van der Waals surface area contributed by atoms with Gasteiger partial charge in [-0.05, 0) is 81.9 Å². The maximum Gasteiger partial charge on any atom is 0.419 e. The molecular weight excluding hydrogens is 648 g/mol. The highest BCUT2D eigenvalue weighted by molar-refractivity contribution is 7.84. The Morgan fingerprint density at radius 2 is 1.77 bits per heavy atom. The summed E-state index contributed by atoms with van der Waals surface area (Å²) in [4.78, 5) is 13.8. The van der Waals surface area contributed by atoms with E-state index in [0.29, 0.717) is 27.6 Å². The lowest BCUT2D eigenvalue weighted by atomic mass is 10.0. The van der Waals surface area contributed by atoms with Crippen LogP contribution >= 0.6 is 11.3 Å². The molecule has 0 aliphatic carbocycles. The topological polar surface area (TPSA) is 110 Å². The molecule has 1 aromatic carbocycles. The van der Waals surface area contributed by atoms with Gasteiger partial charge in [0.1, 0.15) is 28.2 Å². The maximum atomic E-state index is 13.1. The van der Waals surface area contributed by atoms with Gasteiger partial charge < -0.3 is 19.9 Å². The normalized spacial score (nSPS) is 18.9. The van der Waals surface area contributed by atoms with Crippen LogP contribution in [-0.4, -0.2) is 90.1 Å². The second-order valence-electron chi connectivity index (χ2n) is 12.7. The van der Waals surface area contributed by atoms with Gasteiger partial charge in [0.25, 0.3) is 0 Å². The molecule has 2 fully saturated rings. The van der Waals surface area contributed by atoms with Crippen molar-refractivity contribution in [3.8, 4) is 6.07 Å². The summed E-state index contributed by atoms with van der Waals surface area (Å²) in [6.07, 6.45) is -1.91. The molecule has 2 unspecified atom stereocenters. The lowest BCUT2D eigenvalue weighted by Gasteiger charge is -2.33. The van der Waals surface area contributed by atoms with Crippen LogP contribution in [0.5, 0.6) is 0 Å². The predicted octanol–water partition coefficient (Wildman–Crippen LogP) is 5.65. The third-order valence-electron chi connectivity index (χ3n) is 9.65. The first-order valence-corrected chi connectivity index (χ1v) is 18.4. The van der Waals surface area contributed by atoms with Gasteiger partial charge in [-0.15, -0.1) is 11.3 Å². The number of nitrogens with zero attached hydrogens (tertiary/aromatic N) is 6. The third kappa shape index (κ3) is 7.34. The Balaban J connectivity index is 1.09. The van der Waals surface area contributed by atoms with Crippen LogP contribution in [0.25, 0.3) is 21.1 Å². The Bertz CT molecular complexity index is 1820. The van der Waals surface area contributed by atoms with Crippen LogP contribution in [0.3, 0.4) is 0 Å². The first-order chi connectivity index (χ1) is 22.4. The number of aryl methyl sites for hydroxylation is 2. The quantitative estimate of drug-likeness (QED) is 0.233. The van der Waals surface area contributed by atoms with Gasteiger partial charge in [-0.2, -0.15) is 18.4 Å². The SMILES string of the molecule is Cc1nc(NC2CCN(Cc3ccc4c(cc(C#N)n4CCN4CCC(S(C)=O)CC4)c3C)CC2)c2cc(C(O)C(F)(F)F)sc2n1. The Labute approximate surface area is 278 Å². The number of hydrogen-bond acceptors (Lipinski definition) is 9. The zero-order valence-corrected chi connectivity index (χ0v) is 28.4. The van der Waals surface area contributed by atoms with E-state index in [9.17, 15) is 27.7 Å². The van der Waals surface area contributed by atoms with E-state index < -0.39 is 23.1 Å². The zero-order chi connectivity index (χ0) is 33.5. The number of likely N-dealkylation sites (tertiary alicyclic amines) is 2. The van der Waals surface area contributed by atoms with Crippen molar-refractivity contribution >= 4 is 49.1 Å². The number of nitriles is 1. The van der Waals surface area contributed by atoms with Gasteiger partial charge in [0.2, 0.25) is 0 Å². The number of fused-ring (bicyclic) bond motifs is 2. The summed E-state index contributed by atoms with van der Waals surface area (Å²) in [5.74, 6) is 0.964. The van der Waals surface area contributed by atoms with Crippen LogP contribution in [0.4, 0.5) is 19.0 Å². The number of hydrogen-bond donors (Lipinski definition) is 2. The predicted molar refractivity (Wildman–Crippen MR) is 180 cm³/mol. The van der Waals surface area contributed by atoms with Gasteiger partial charge in [0.15, 0.2) is 6.10 Å². The van der Waals surface area contributed by atoms with Crippen LogP contribution in [0.15, 0.2) is 24.3 Å². The molecule has 5 heterocycles. The van der Waals surface area contributed by atoms with Crippen LogP contribution in [0, 0.1) is 25.2 Å². The lowest BCUT2D eigenvalue weighted by molar-refractivity contribution is -0.205. The first-order valence-electron chi connectivity index (χ1n) is 16.0. The average Bonchev–Trinajstić information content (AvgIpc) is 3.63. The largest absolute Gasteiger partial charge is 0.419 e. The van der Waals surface area contributed by atoms with Crippen LogP contribution in [0.1, 0.15) is 59.3 Å². The van der Waals surface area contributed by atoms with Gasteiger partial charge >= 0.3 is 6.18 Å². The summed E-state index contributed by atoms with van der Waals surface area (Å²) >= 11 is 0.840. The maximum absolute atomic E-state index is 13.1. The molecule has 2 N–H and O–H groups in total. The molecule has 0 amide bonds. The van der Waals surface area contributed by atoms with E-state index in [4.69, 9.17) is 0 Å². The Morgan fingerprint density at radius 3 is 2.43 bits per heavy atom. The Morgan fingerprint density at radius 1 is 1.06 bits per heavy atom. The fraction of sp³-hybridized carbons (Fsp3) is 0.545. The van der Waals surface area contributed by atoms with Gasteiger partial charge in [-0.25, -0.2) is 9.97 Å².